The molecule has 0 saturated carbocycles. The molecule has 0 saturated heterocycles. The second-order valence-corrected chi connectivity index (χ2v) is 4.03. The third-order valence-electron chi connectivity index (χ3n) is 2.51. The molecule has 0 aliphatic heterocycles. The van der Waals surface area contributed by atoms with Crippen LogP contribution in [-0.2, 0) is 0 Å². The Hall–Kier alpha value is -2.25. The van der Waals surface area contributed by atoms with Gasteiger partial charge in [-0.2, -0.15) is 5.26 Å². The fraction of sp³-hybridized carbons (Fsp3) is 0.0769. The van der Waals surface area contributed by atoms with Crippen molar-refractivity contribution in [2.24, 2.45) is 0 Å². The molecular weight excluding hydrogens is 252 g/mol. The summed E-state index contributed by atoms with van der Waals surface area (Å²) < 4.78 is 5.96. The summed E-state index contributed by atoms with van der Waals surface area (Å²) in [5.41, 5.74) is 1.61. The van der Waals surface area contributed by atoms with E-state index in [1.807, 2.05) is 12.1 Å². The monoisotopic (exact) mass is 261 g/mol. The van der Waals surface area contributed by atoms with Crippen LogP contribution in [0.3, 0.4) is 0 Å². The van der Waals surface area contributed by atoms with Gasteiger partial charge in [-0.05, 0) is 17.7 Å². The van der Waals surface area contributed by atoms with Crippen molar-refractivity contribution in [3.63, 3.8) is 0 Å². The van der Waals surface area contributed by atoms with Gasteiger partial charge in [-0.3, -0.25) is 5.21 Å². The van der Waals surface area contributed by atoms with E-state index >= 15 is 0 Å². The van der Waals surface area contributed by atoms with E-state index in [0.717, 1.165) is 10.3 Å². The van der Waals surface area contributed by atoms with Crippen LogP contribution in [0.5, 0.6) is 5.75 Å². The molecule has 1 heterocycles. The van der Waals surface area contributed by atoms with Crippen molar-refractivity contribution in [3.05, 3.63) is 47.2 Å². The quantitative estimate of drug-likeness (QED) is 0.667. The predicted octanol–water partition coefficient (Wildman–Crippen LogP) is 2.41. The molecule has 0 amide bonds. The van der Waals surface area contributed by atoms with Gasteiger partial charge in [-0.25, -0.2) is 0 Å². The molecular formula is C13H10ClN2O2+. The summed E-state index contributed by atoms with van der Waals surface area (Å²) in [5.74, 6) is 0.667. The first kappa shape index (κ1) is 12.2. The smallest absolute Gasteiger partial charge is 0.242 e. The number of rotatable bonds is 2. The topological polar surface area (TPSA) is 57.1 Å². The van der Waals surface area contributed by atoms with Crippen LogP contribution in [0.4, 0.5) is 0 Å². The van der Waals surface area contributed by atoms with Crippen LogP contribution in [0.25, 0.3) is 11.1 Å². The minimum Gasteiger partial charge on any atom is -0.497 e. The van der Waals surface area contributed by atoms with E-state index in [0.29, 0.717) is 16.9 Å². The van der Waals surface area contributed by atoms with Gasteiger partial charge < -0.3 is 4.74 Å². The van der Waals surface area contributed by atoms with Crippen LogP contribution >= 0.6 is 11.6 Å². The van der Waals surface area contributed by atoms with Crippen molar-refractivity contribution < 1.29 is 14.7 Å². The molecule has 2 aromatic rings. The Morgan fingerprint density at radius 1 is 1.39 bits per heavy atom. The van der Waals surface area contributed by atoms with E-state index in [2.05, 4.69) is 0 Å². The average molecular weight is 262 g/mol. The normalized spacial score (nSPS) is 9.83. The first-order chi connectivity index (χ1) is 8.65. The largest absolute Gasteiger partial charge is 0.497 e. The number of nitrogens with zero attached hydrogens (tertiary/aromatic N) is 2. The lowest BCUT2D eigenvalue weighted by molar-refractivity contribution is -0.904. The van der Waals surface area contributed by atoms with E-state index < -0.39 is 0 Å². The van der Waals surface area contributed by atoms with Crippen molar-refractivity contribution >= 4 is 11.6 Å². The molecule has 1 N–H and O–H groups in total. The van der Waals surface area contributed by atoms with Gasteiger partial charge >= 0.3 is 0 Å². The number of benzene rings is 1. The molecule has 0 fully saturated rings. The van der Waals surface area contributed by atoms with Gasteiger partial charge in [0, 0.05) is 4.73 Å². The third-order valence-corrected chi connectivity index (χ3v) is 2.79. The Balaban J connectivity index is 2.66. The SMILES string of the molecule is COc1cccc(-c2c[n+](O)cc(Cl)c2C#N)c1. The van der Waals surface area contributed by atoms with E-state index in [1.54, 1.807) is 25.3 Å². The summed E-state index contributed by atoms with van der Waals surface area (Å²) in [4.78, 5) is 0. The maximum atomic E-state index is 9.49. The minimum atomic E-state index is 0.195. The second-order valence-electron chi connectivity index (χ2n) is 3.62. The van der Waals surface area contributed by atoms with Crippen LogP contribution in [0.15, 0.2) is 36.7 Å². The standard InChI is InChI=1S/C13H10ClN2O2/c1-18-10-4-2-3-9(5-10)12-7-16(17)8-13(14)11(12)6-15/h2-5,7-8,17H,1H3/q+1. The third kappa shape index (κ3) is 2.22. The van der Waals surface area contributed by atoms with Gasteiger partial charge in [-0.15, -0.1) is 0 Å². The van der Waals surface area contributed by atoms with Crippen LogP contribution in [0.1, 0.15) is 5.56 Å². The highest BCUT2D eigenvalue weighted by Gasteiger charge is 2.16. The Morgan fingerprint density at radius 3 is 2.83 bits per heavy atom. The van der Waals surface area contributed by atoms with Gasteiger partial charge in [0.25, 0.3) is 0 Å². The number of hydrogen-bond acceptors (Lipinski definition) is 3. The molecule has 0 spiro atoms. The maximum Gasteiger partial charge on any atom is 0.242 e. The molecule has 5 heteroatoms. The fourth-order valence-electron chi connectivity index (χ4n) is 1.67. The molecule has 0 bridgehead atoms. The first-order valence-electron chi connectivity index (χ1n) is 5.14. The van der Waals surface area contributed by atoms with Gasteiger partial charge in [0.05, 0.1) is 18.2 Å². The summed E-state index contributed by atoms with van der Waals surface area (Å²) >= 11 is 5.92. The predicted molar refractivity (Wildman–Crippen MR) is 65.5 cm³/mol. The number of halogens is 1. The van der Waals surface area contributed by atoms with Gasteiger partial charge in [0.1, 0.15) is 16.8 Å². The number of nitriles is 1. The van der Waals surface area contributed by atoms with Crippen molar-refractivity contribution in [2.75, 3.05) is 7.11 Å². The summed E-state index contributed by atoms with van der Waals surface area (Å²) in [7, 11) is 1.56. The second kappa shape index (κ2) is 4.94. The van der Waals surface area contributed by atoms with Gasteiger partial charge in [0.15, 0.2) is 0 Å². The summed E-state index contributed by atoms with van der Waals surface area (Å²) in [6.07, 6.45) is 2.70. The zero-order chi connectivity index (χ0) is 13.1. The Morgan fingerprint density at radius 2 is 2.17 bits per heavy atom. The Bertz CT molecular complexity index is 635. The van der Waals surface area contributed by atoms with Crippen LogP contribution in [0, 0.1) is 11.3 Å². The molecule has 2 rings (SSSR count). The highest BCUT2D eigenvalue weighted by Crippen LogP contribution is 2.28. The fourth-order valence-corrected chi connectivity index (χ4v) is 1.91. The average Bonchev–Trinajstić information content (AvgIpc) is 2.38. The Kier molecular flexibility index (Phi) is 3.35. The highest BCUT2D eigenvalue weighted by molar-refractivity contribution is 6.31. The lowest BCUT2D eigenvalue weighted by Gasteiger charge is -2.05. The number of methoxy groups -OCH3 is 1. The van der Waals surface area contributed by atoms with Crippen LogP contribution < -0.4 is 9.47 Å². The first-order valence-corrected chi connectivity index (χ1v) is 5.52. The molecule has 1 aromatic carbocycles. The maximum absolute atomic E-state index is 9.49. The zero-order valence-corrected chi connectivity index (χ0v) is 10.3. The number of pyridine rings is 1. The molecule has 0 radical (unpaired) electrons. The number of aromatic nitrogens is 1. The summed E-state index contributed by atoms with van der Waals surface area (Å²) in [6.45, 7) is 0. The van der Waals surface area contributed by atoms with E-state index in [-0.39, 0.29) is 5.02 Å². The molecule has 90 valence electrons. The van der Waals surface area contributed by atoms with E-state index in [4.69, 9.17) is 21.6 Å². The highest BCUT2D eigenvalue weighted by atomic mass is 35.5. The molecule has 0 unspecified atom stereocenters. The van der Waals surface area contributed by atoms with Crippen molar-refractivity contribution in [2.45, 2.75) is 0 Å². The van der Waals surface area contributed by atoms with Gasteiger partial charge in [-0.1, -0.05) is 23.7 Å². The van der Waals surface area contributed by atoms with Crippen molar-refractivity contribution in [1.82, 2.24) is 0 Å². The molecule has 18 heavy (non-hydrogen) atoms. The number of ether oxygens (including phenoxy) is 1. The van der Waals surface area contributed by atoms with Crippen LogP contribution in [-0.4, -0.2) is 12.3 Å². The molecule has 0 atom stereocenters. The zero-order valence-electron chi connectivity index (χ0n) is 9.59. The number of hydrogen-bond donors (Lipinski definition) is 1. The van der Waals surface area contributed by atoms with Crippen molar-refractivity contribution in [1.29, 1.82) is 5.26 Å². The van der Waals surface area contributed by atoms with Gasteiger partial charge in [0.2, 0.25) is 12.4 Å². The lowest BCUT2D eigenvalue weighted by Crippen LogP contribution is -2.29. The van der Waals surface area contributed by atoms with Crippen LogP contribution in [0.2, 0.25) is 5.02 Å². The van der Waals surface area contributed by atoms with Crippen molar-refractivity contribution in [3.8, 4) is 22.9 Å². The van der Waals surface area contributed by atoms with E-state index in [9.17, 15) is 5.21 Å². The Labute approximate surface area is 109 Å². The summed E-state index contributed by atoms with van der Waals surface area (Å²) in [6, 6.07) is 9.22. The summed E-state index contributed by atoms with van der Waals surface area (Å²) in [5, 5.41) is 18.8. The molecule has 0 aliphatic rings. The minimum absolute atomic E-state index is 0.195. The van der Waals surface area contributed by atoms with E-state index in [1.165, 1.54) is 12.4 Å². The lowest BCUT2D eigenvalue weighted by atomic mass is 10.0. The molecule has 0 aliphatic carbocycles. The molecule has 4 nitrogen and oxygen atoms in total. The molecule has 1 aromatic heterocycles.